The van der Waals surface area contributed by atoms with Gasteiger partial charge in [-0.3, -0.25) is 0 Å². The molecule has 10 N–H and O–H groups in total. The van der Waals surface area contributed by atoms with Crippen molar-refractivity contribution >= 4 is 12.0 Å². The number of aromatic hydroxyl groups is 3. The molecule has 5 rings (SSSR count). The molecule has 0 aromatic heterocycles. The van der Waals surface area contributed by atoms with Crippen LogP contribution in [0.4, 0.5) is 0 Å². The summed E-state index contributed by atoms with van der Waals surface area (Å²) in [6, 6.07) is 10.1. The molecular formula is C34H44O18. The zero-order valence-electron chi connectivity index (χ0n) is 27.9. The molecule has 0 amide bonds. The molecule has 3 aliphatic heterocycles. The number of phenolic OH excluding ortho intramolecular Hbond substituents is 3. The summed E-state index contributed by atoms with van der Waals surface area (Å²) >= 11 is 0. The lowest BCUT2D eigenvalue weighted by atomic mass is 9.96. The number of esters is 1. The summed E-state index contributed by atoms with van der Waals surface area (Å²) in [7, 11) is 0. The highest BCUT2D eigenvalue weighted by Crippen LogP contribution is 2.33. The van der Waals surface area contributed by atoms with E-state index in [0.29, 0.717) is 11.1 Å². The van der Waals surface area contributed by atoms with Gasteiger partial charge in [-0.05, 0) is 54.8 Å². The summed E-state index contributed by atoms with van der Waals surface area (Å²) in [5.41, 5.74) is -1.06. The molecule has 0 aliphatic carbocycles. The summed E-state index contributed by atoms with van der Waals surface area (Å²) in [5, 5.41) is 103. The molecule has 3 aliphatic rings. The van der Waals surface area contributed by atoms with Crippen molar-refractivity contribution in [1.29, 1.82) is 0 Å². The molecule has 288 valence electrons. The van der Waals surface area contributed by atoms with E-state index in [1.807, 2.05) is 0 Å². The van der Waals surface area contributed by atoms with Gasteiger partial charge in [0.15, 0.2) is 36.5 Å². The van der Waals surface area contributed by atoms with Gasteiger partial charge in [-0.25, -0.2) is 4.79 Å². The topological polar surface area (TPSA) is 284 Å². The molecule has 13 atom stereocenters. The molecule has 3 fully saturated rings. The number of aliphatic hydroxyl groups excluding tert-OH is 6. The van der Waals surface area contributed by atoms with Crippen LogP contribution in [0.5, 0.6) is 17.2 Å². The van der Waals surface area contributed by atoms with Crippen molar-refractivity contribution in [3.8, 4) is 17.2 Å². The van der Waals surface area contributed by atoms with Crippen molar-refractivity contribution in [2.45, 2.75) is 92.8 Å². The number of rotatable bonds is 13. The minimum Gasteiger partial charge on any atom is -0.508 e. The van der Waals surface area contributed by atoms with E-state index in [2.05, 4.69) is 0 Å². The Morgan fingerprint density at radius 3 is 2.35 bits per heavy atom. The number of ether oxygens (including phenoxy) is 7. The Balaban J connectivity index is 1.42. The predicted molar refractivity (Wildman–Crippen MR) is 172 cm³/mol. The zero-order chi connectivity index (χ0) is 37.7. The summed E-state index contributed by atoms with van der Waals surface area (Å²) in [4.78, 5) is 13.2. The third kappa shape index (κ3) is 9.18. The van der Waals surface area contributed by atoms with Crippen molar-refractivity contribution in [2.24, 2.45) is 0 Å². The quantitative estimate of drug-likeness (QED) is 0.0589. The number of phenols is 3. The Morgan fingerprint density at radius 2 is 1.65 bits per heavy atom. The van der Waals surface area contributed by atoms with Crippen LogP contribution >= 0.6 is 0 Å². The molecule has 3 heterocycles. The minimum absolute atomic E-state index is 0.0232. The molecule has 2 aromatic carbocycles. The standard InChI is InChI=1S/C34H44O18/c1-16-24(40)25(41)26(42)32(49-16)52-29-27(43)31(46-10-9-17-3-2-4-19(36)11-17)50-22(13-47-33-30(44)34(45,14-35)15-48-33)28(29)51-23(39)8-6-18-5-7-20(37)21(38)12-18/h2-8,11-12,16,22,24-33,35-38,40-45H,9-10,13-15H2,1H3/b8-6+/t16-,22+,24-,25+,26+,27+,28+,29+,30-,31+,32-,33+,34+/m0/s1. The largest absolute Gasteiger partial charge is 0.508 e. The first-order chi connectivity index (χ1) is 24.7. The van der Waals surface area contributed by atoms with Gasteiger partial charge < -0.3 is 84.2 Å². The third-order valence-corrected chi connectivity index (χ3v) is 8.97. The lowest BCUT2D eigenvalue weighted by molar-refractivity contribution is -0.360. The van der Waals surface area contributed by atoms with Gasteiger partial charge in [0.25, 0.3) is 0 Å². The van der Waals surface area contributed by atoms with Crippen LogP contribution in [0.15, 0.2) is 48.5 Å². The minimum atomic E-state index is -2.03. The number of carbonyl (C=O) groups is 1. The van der Waals surface area contributed by atoms with Crippen LogP contribution in [0.1, 0.15) is 18.1 Å². The normalized spacial score (nSPS) is 36.6. The third-order valence-electron chi connectivity index (χ3n) is 8.97. The number of carbonyl (C=O) groups excluding carboxylic acids is 1. The molecule has 0 saturated carbocycles. The zero-order valence-corrected chi connectivity index (χ0v) is 27.9. The summed E-state index contributed by atoms with van der Waals surface area (Å²) in [6.07, 6.45) is -16.5. The Morgan fingerprint density at radius 1 is 0.885 bits per heavy atom. The first-order valence-electron chi connectivity index (χ1n) is 16.4. The van der Waals surface area contributed by atoms with Crippen LogP contribution in [0.25, 0.3) is 6.08 Å². The van der Waals surface area contributed by atoms with Crippen LogP contribution in [0, 0.1) is 0 Å². The number of aliphatic hydroxyl groups is 7. The molecular weight excluding hydrogens is 696 g/mol. The van der Waals surface area contributed by atoms with Crippen LogP contribution in [-0.4, -0.2) is 163 Å². The highest BCUT2D eigenvalue weighted by Gasteiger charge is 2.54. The number of hydrogen-bond acceptors (Lipinski definition) is 18. The van der Waals surface area contributed by atoms with Gasteiger partial charge in [-0.15, -0.1) is 0 Å². The number of benzene rings is 2. The number of hydrogen-bond donors (Lipinski definition) is 10. The molecule has 18 heteroatoms. The molecule has 2 aromatic rings. The molecule has 0 unspecified atom stereocenters. The van der Waals surface area contributed by atoms with E-state index in [1.54, 1.807) is 12.1 Å². The van der Waals surface area contributed by atoms with Gasteiger partial charge in [0, 0.05) is 6.08 Å². The smallest absolute Gasteiger partial charge is 0.331 e. The summed E-state index contributed by atoms with van der Waals surface area (Å²) in [6.45, 7) is -0.562. The van der Waals surface area contributed by atoms with Crippen molar-refractivity contribution in [2.75, 3.05) is 26.4 Å². The van der Waals surface area contributed by atoms with Crippen LogP contribution < -0.4 is 0 Å². The second kappa shape index (κ2) is 17.1. The van der Waals surface area contributed by atoms with Crippen LogP contribution in [0.3, 0.4) is 0 Å². The monoisotopic (exact) mass is 740 g/mol. The van der Waals surface area contributed by atoms with E-state index in [-0.39, 0.29) is 24.5 Å². The highest BCUT2D eigenvalue weighted by atomic mass is 16.8. The lowest BCUT2D eigenvalue weighted by Crippen LogP contribution is -2.65. The van der Waals surface area contributed by atoms with Gasteiger partial charge in [-0.1, -0.05) is 18.2 Å². The van der Waals surface area contributed by atoms with E-state index >= 15 is 0 Å². The van der Waals surface area contributed by atoms with E-state index in [0.717, 1.165) is 6.08 Å². The summed E-state index contributed by atoms with van der Waals surface area (Å²) < 4.78 is 40.2. The van der Waals surface area contributed by atoms with Gasteiger partial charge in [0.05, 0.1) is 32.5 Å². The molecule has 0 bridgehead atoms. The molecule has 18 nitrogen and oxygen atoms in total. The molecule has 3 saturated heterocycles. The second-order valence-corrected chi connectivity index (χ2v) is 12.8. The van der Waals surface area contributed by atoms with E-state index in [4.69, 9.17) is 33.2 Å². The Kier molecular flexibility index (Phi) is 13.1. The maximum absolute atomic E-state index is 13.2. The average molecular weight is 741 g/mol. The van der Waals surface area contributed by atoms with Crippen molar-refractivity contribution < 1.29 is 89.0 Å². The van der Waals surface area contributed by atoms with Crippen LogP contribution in [0.2, 0.25) is 0 Å². The fraction of sp³-hybridized carbons (Fsp3) is 0.559. The second-order valence-electron chi connectivity index (χ2n) is 12.8. The van der Waals surface area contributed by atoms with Gasteiger partial charge in [0.1, 0.15) is 54.1 Å². The molecule has 0 radical (unpaired) electrons. The van der Waals surface area contributed by atoms with E-state index in [1.165, 1.54) is 43.3 Å². The Hall–Kier alpha value is -3.47. The summed E-state index contributed by atoms with van der Waals surface area (Å²) in [5.74, 6) is -1.84. The van der Waals surface area contributed by atoms with Gasteiger partial charge in [0.2, 0.25) is 0 Å². The lowest BCUT2D eigenvalue weighted by Gasteiger charge is -2.46. The fourth-order valence-electron chi connectivity index (χ4n) is 5.86. The fourth-order valence-corrected chi connectivity index (χ4v) is 5.86. The SMILES string of the molecule is C[C@@H]1O[C@@H](O[C@@H]2[C@@H](O)[C@H](OCCc3cccc(O)c3)O[C@H](CO[C@@H]3OC[C@](O)(CO)[C@H]3O)[C@H]2OC(=O)/C=C/c2ccc(O)c(O)c2)[C@H](O)[C@H](O)[C@H]1O. The highest BCUT2D eigenvalue weighted by molar-refractivity contribution is 5.87. The molecule has 0 spiro atoms. The van der Waals surface area contributed by atoms with Crippen molar-refractivity contribution in [3.05, 3.63) is 59.7 Å². The van der Waals surface area contributed by atoms with E-state index < -0.39 is 111 Å². The first kappa shape index (κ1) is 39.7. The average Bonchev–Trinajstić information content (AvgIpc) is 3.41. The Bertz CT molecular complexity index is 1520. The van der Waals surface area contributed by atoms with Crippen LogP contribution in [-0.2, 0) is 44.4 Å². The maximum atomic E-state index is 13.2. The molecule has 52 heavy (non-hydrogen) atoms. The maximum Gasteiger partial charge on any atom is 0.331 e. The predicted octanol–water partition coefficient (Wildman–Crippen LogP) is -2.26. The van der Waals surface area contributed by atoms with E-state index in [9.17, 15) is 55.9 Å². The van der Waals surface area contributed by atoms with Gasteiger partial charge >= 0.3 is 5.97 Å². The van der Waals surface area contributed by atoms with Crippen molar-refractivity contribution in [3.63, 3.8) is 0 Å². The Labute approximate surface area is 297 Å². The van der Waals surface area contributed by atoms with Gasteiger partial charge in [-0.2, -0.15) is 0 Å². The van der Waals surface area contributed by atoms with Crippen molar-refractivity contribution in [1.82, 2.24) is 0 Å². The first-order valence-corrected chi connectivity index (χ1v) is 16.4.